The lowest BCUT2D eigenvalue weighted by atomic mass is 10.0. The first-order valence-electron chi connectivity index (χ1n) is 8.22. The highest BCUT2D eigenvalue weighted by Gasteiger charge is 2.13. The number of hydrogen-bond acceptors (Lipinski definition) is 4. The third kappa shape index (κ3) is 3.63. The van der Waals surface area contributed by atoms with E-state index in [9.17, 15) is 4.79 Å². The van der Waals surface area contributed by atoms with Crippen LogP contribution in [-0.2, 0) is 4.79 Å². The molecule has 0 bridgehead atoms. The number of methoxy groups -OCH3 is 1. The normalized spacial score (nSPS) is 11.6. The fourth-order valence-electron chi connectivity index (χ4n) is 2.85. The SMILES string of the molecule is COc1cc2occ(C)c2cc1/C(C)=C/C(=O)Nc1ccccc1SC. The van der Waals surface area contributed by atoms with Gasteiger partial charge in [0.25, 0.3) is 0 Å². The summed E-state index contributed by atoms with van der Waals surface area (Å²) in [5, 5.41) is 3.96. The number of carbonyl (C=O) groups is 1. The zero-order valence-corrected chi connectivity index (χ0v) is 16.1. The molecular formula is C21H21NO3S. The predicted octanol–water partition coefficient (Wildman–Crippen LogP) is 5.51. The van der Waals surface area contributed by atoms with Gasteiger partial charge >= 0.3 is 0 Å². The van der Waals surface area contributed by atoms with Crippen LogP contribution in [0.1, 0.15) is 18.1 Å². The quantitative estimate of drug-likeness (QED) is 0.477. The van der Waals surface area contributed by atoms with E-state index in [1.807, 2.05) is 56.5 Å². The Kier molecular flexibility index (Phi) is 5.38. The number of para-hydroxylation sites is 1. The van der Waals surface area contributed by atoms with Crippen molar-refractivity contribution in [1.82, 2.24) is 0 Å². The van der Waals surface area contributed by atoms with Crippen LogP contribution in [0.25, 0.3) is 16.5 Å². The number of benzene rings is 2. The summed E-state index contributed by atoms with van der Waals surface area (Å²) in [6, 6.07) is 11.6. The van der Waals surface area contributed by atoms with Crippen molar-refractivity contribution in [3.63, 3.8) is 0 Å². The highest BCUT2D eigenvalue weighted by Crippen LogP contribution is 2.33. The van der Waals surface area contributed by atoms with Crippen molar-refractivity contribution in [3.8, 4) is 5.75 Å². The molecule has 1 amide bonds. The molecule has 0 spiro atoms. The molecule has 5 heteroatoms. The number of rotatable bonds is 5. The minimum Gasteiger partial charge on any atom is -0.496 e. The maximum absolute atomic E-state index is 12.5. The number of carbonyl (C=O) groups excluding carboxylic acids is 1. The summed E-state index contributed by atoms with van der Waals surface area (Å²) in [7, 11) is 1.61. The maximum Gasteiger partial charge on any atom is 0.248 e. The molecule has 0 fully saturated rings. The van der Waals surface area contributed by atoms with Crippen molar-refractivity contribution in [2.45, 2.75) is 18.7 Å². The van der Waals surface area contributed by atoms with E-state index in [0.29, 0.717) is 5.75 Å². The Morgan fingerprint density at radius 2 is 2.04 bits per heavy atom. The minimum absolute atomic E-state index is 0.171. The van der Waals surface area contributed by atoms with Crippen molar-refractivity contribution in [2.24, 2.45) is 0 Å². The van der Waals surface area contributed by atoms with Crippen LogP contribution in [0.5, 0.6) is 5.75 Å². The summed E-state index contributed by atoms with van der Waals surface area (Å²) in [5.41, 5.74) is 4.33. The van der Waals surface area contributed by atoms with E-state index < -0.39 is 0 Å². The highest BCUT2D eigenvalue weighted by atomic mass is 32.2. The Morgan fingerprint density at radius 1 is 1.27 bits per heavy atom. The predicted molar refractivity (Wildman–Crippen MR) is 108 cm³/mol. The molecule has 2 aromatic carbocycles. The number of furan rings is 1. The van der Waals surface area contributed by atoms with Crippen molar-refractivity contribution < 1.29 is 13.9 Å². The second kappa shape index (κ2) is 7.70. The van der Waals surface area contributed by atoms with E-state index in [2.05, 4.69) is 5.32 Å². The van der Waals surface area contributed by atoms with Crippen LogP contribution < -0.4 is 10.1 Å². The summed E-state index contributed by atoms with van der Waals surface area (Å²) < 4.78 is 11.0. The molecule has 4 nitrogen and oxygen atoms in total. The first-order chi connectivity index (χ1) is 12.5. The zero-order valence-electron chi connectivity index (χ0n) is 15.3. The molecule has 0 aliphatic heterocycles. The molecule has 0 saturated heterocycles. The summed E-state index contributed by atoms with van der Waals surface area (Å²) in [4.78, 5) is 13.5. The number of ether oxygens (including phenoxy) is 1. The highest BCUT2D eigenvalue weighted by molar-refractivity contribution is 7.98. The summed E-state index contributed by atoms with van der Waals surface area (Å²) in [6.07, 6.45) is 5.30. The third-order valence-electron chi connectivity index (χ3n) is 4.23. The average molecular weight is 367 g/mol. The van der Waals surface area contributed by atoms with Gasteiger partial charge in [-0.3, -0.25) is 4.79 Å². The van der Waals surface area contributed by atoms with Crippen molar-refractivity contribution in [3.05, 3.63) is 59.9 Å². The number of amides is 1. The largest absolute Gasteiger partial charge is 0.496 e. The minimum atomic E-state index is -0.171. The van der Waals surface area contributed by atoms with Crippen LogP contribution in [0, 0.1) is 6.92 Å². The van der Waals surface area contributed by atoms with E-state index in [4.69, 9.17) is 9.15 Å². The molecule has 0 atom stereocenters. The third-order valence-corrected chi connectivity index (χ3v) is 5.02. The van der Waals surface area contributed by atoms with Gasteiger partial charge in [-0.2, -0.15) is 0 Å². The van der Waals surface area contributed by atoms with Gasteiger partial charge in [-0.1, -0.05) is 12.1 Å². The van der Waals surface area contributed by atoms with Gasteiger partial charge in [-0.15, -0.1) is 11.8 Å². The Bertz CT molecular complexity index is 988. The summed E-state index contributed by atoms with van der Waals surface area (Å²) in [5.74, 6) is 0.507. The Morgan fingerprint density at radius 3 is 2.77 bits per heavy atom. The maximum atomic E-state index is 12.5. The molecule has 1 heterocycles. The molecule has 1 aromatic heterocycles. The van der Waals surface area contributed by atoms with Gasteiger partial charge in [0.05, 0.1) is 19.1 Å². The van der Waals surface area contributed by atoms with E-state index in [-0.39, 0.29) is 5.91 Å². The molecule has 0 saturated carbocycles. The molecule has 3 aromatic rings. The number of anilines is 1. The zero-order chi connectivity index (χ0) is 18.7. The topological polar surface area (TPSA) is 51.5 Å². The van der Waals surface area contributed by atoms with Crippen LogP contribution in [0.4, 0.5) is 5.69 Å². The first-order valence-corrected chi connectivity index (χ1v) is 9.44. The molecule has 0 radical (unpaired) electrons. The van der Waals surface area contributed by atoms with E-state index in [0.717, 1.165) is 38.3 Å². The van der Waals surface area contributed by atoms with Gasteiger partial charge in [0, 0.05) is 28.0 Å². The van der Waals surface area contributed by atoms with Gasteiger partial charge in [-0.25, -0.2) is 0 Å². The number of nitrogens with one attached hydrogen (secondary N) is 1. The number of thioether (sulfide) groups is 1. The summed E-state index contributed by atoms with van der Waals surface area (Å²) in [6.45, 7) is 3.90. The number of aryl methyl sites for hydroxylation is 1. The van der Waals surface area contributed by atoms with E-state index >= 15 is 0 Å². The monoisotopic (exact) mass is 367 g/mol. The Labute approximate surface area is 157 Å². The lowest BCUT2D eigenvalue weighted by molar-refractivity contribution is -0.111. The fourth-order valence-corrected chi connectivity index (χ4v) is 3.40. The van der Waals surface area contributed by atoms with Crippen LogP contribution in [0.3, 0.4) is 0 Å². The van der Waals surface area contributed by atoms with E-state index in [1.165, 1.54) is 0 Å². The second-order valence-electron chi connectivity index (χ2n) is 5.98. The Balaban J connectivity index is 1.92. The van der Waals surface area contributed by atoms with Crippen molar-refractivity contribution >= 4 is 39.9 Å². The molecule has 0 aliphatic carbocycles. The van der Waals surface area contributed by atoms with Gasteiger partial charge in [-0.05, 0) is 49.4 Å². The molecule has 26 heavy (non-hydrogen) atoms. The molecular weight excluding hydrogens is 346 g/mol. The Hall–Kier alpha value is -2.66. The molecule has 134 valence electrons. The van der Waals surface area contributed by atoms with Crippen LogP contribution in [0.15, 0.2) is 58.1 Å². The number of allylic oxidation sites excluding steroid dienone is 1. The van der Waals surface area contributed by atoms with Crippen LogP contribution in [-0.4, -0.2) is 19.3 Å². The summed E-state index contributed by atoms with van der Waals surface area (Å²) >= 11 is 1.60. The second-order valence-corrected chi connectivity index (χ2v) is 6.83. The lowest BCUT2D eigenvalue weighted by Crippen LogP contribution is -2.09. The number of hydrogen-bond donors (Lipinski definition) is 1. The molecule has 0 unspecified atom stereocenters. The van der Waals surface area contributed by atoms with Crippen LogP contribution >= 0.6 is 11.8 Å². The molecule has 1 N–H and O–H groups in total. The van der Waals surface area contributed by atoms with E-state index in [1.54, 1.807) is 31.2 Å². The molecule has 0 aliphatic rings. The van der Waals surface area contributed by atoms with Gasteiger partial charge in [0.2, 0.25) is 5.91 Å². The van der Waals surface area contributed by atoms with Gasteiger partial charge < -0.3 is 14.5 Å². The van der Waals surface area contributed by atoms with Crippen molar-refractivity contribution in [2.75, 3.05) is 18.7 Å². The lowest BCUT2D eigenvalue weighted by Gasteiger charge is -2.11. The van der Waals surface area contributed by atoms with Crippen molar-refractivity contribution in [1.29, 1.82) is 0 Å². The van der Waals surface area contributed by atoms with Gasteiger partial charge in [0.1, 0.15) is 11.3 Å². The standard InChI is InChI=1S/C21H21NO3S/c1-13(9-21(23)22-17-7-5-6-8-20(17)26-4)15-10-16-14(2)12-25-19(16)11-18(15)24-3/h5-12H,1-4H3,(H,22,23)/b13-9+. The van der Waals surface area contributed by atoms with Crippen LogP contribution in [0.2, 0.25) is 0 Å². The van der Waals surface area contributed by atoms with Gasteiger partial charge in [0.15, 0.2) is 0 Å². The smallest absolute Gasteiger partial charge is 0.248 e. The fraction of sp³-hybridized carbons (Fsp3) is 0.190. The number of fused-ring (bicyclic) bond motifs is 1. The first kappa shape index (κ1) is 18.1. The molecule has 3 rings (SSSR count). The average Bonchev–Trinajstić information content (AvgIpc) is 3.01.